The van der Waals surface area contributed by atoms with Gasteiger partial charge in [-0.25, -0.2) is 8.42 Å². The van der Waals surface area contributed by atoms with Crippen molar-refractivity contribution in [1.82, 2.24) is 9.21 Å². The van der Waals surface area contributed by atoms with E-state index >= 15 is 0 Å². The summed E-state index contributed by atoms with van der Waals surface area (Å²) < 4.78 is 32.4. The van der Waals surface area contributed by atoms with Gasteiger partial charge >= 0.3 is 0 Å². The number of carbonyl (C=O) groups excluding carboxylic acids is 1. The highest BCUT2D eigenvalue weighted by Gasteiger charge is 2.30. The molecule has 2 heterocycles. The van der Waals surface area contributed by atoms with Crippen LogP contribution in [0.25, 0.3) is 17.0 Å². The maximum Gasteiger partial charge on any atom is 0.289 e. The number of para-hydroxylation sites is 1. The number of nitrogens with zero attached hydrogens (tertiary/aromatic N) is 2. The number of piperazine rings is 1. The van der Waals surface area contributed by atoms with Crippen molar-refractivity contribution in [2.75, 3.05) is 26.2 Å². The van der Waals surface area contributed by atoms with Gasteiger partial charge in [0.2, 0.25) is 10.0 Å². The molecule has 1 aliphatic rings. The minimum atomic E-state index is -3.56. The summed E-state index contributed by atoms with van der Waals surface area (Å²) in [5.74, 6) is -0.00461. The number of benzene rings is 2. The second-order valence-electron chi connectivity index (χ2n) is 7.12. The molecular formula is C22H21ClN2O4S. The fraction of sp³-hybridized carbons (Fsp3) is 0.227. The predicted molar refractivity (Wildman–Crippen MR) is 118 cm³/mol. The highest BCUT2D eigenvalue weighted by molar-refractivity contribution is 7.92. The number of carbonyl (C=O) groups is 1. The van der Waals surface area contributed by atoms with Crippen molar-refractivity contribution >= 4 is 44.6 Å². The number of rotatable bonds is 4. The third kappa shape index (κ3) is 4.01. The molecule has 8 heteroatoms. The third-order valence-electron chi connectivity index (χ3n) is 5.23. The number of furan rings is 1. The van der Waals surface area contributed by atoms with Crippen LogP contribution in [0.1, 0.15) is 21.7 Å². The molecule has 0 spiro atoms. The maximum atomic E-state index is 13.0. The smallest absolute Gasteiger partial charge is 0.289 e. The fourth-order valence-electron chi connectivity index (χ4n) is 3.52. The highest BCUT2D eigenvalue weighted by Crippen LogP contribution is 2.31. The number of hydrogen-bond donors (Lipinski definition) is 0. The van der Waals surface area contributed by atoms with E-state index in [0.717, 1.165) is 16.5 Å². The van der Waals surface area contributed by atoms with Crippen molar-refractivity contribution in [3.63, 3.8) is 0 Å². The number of halogens is 1. The first-order valence-corrected chi connectivity index (χ1v) is 11.4. The van der Waals surface area contributed by atoms with Gasteiger partial charge in [0.15, 0.2) is 11.3 Å². The molecule has 6 nitrogen and oxygen atoms in total. The Morgan fingerprint density at radius 2 is 1.73 bits per heavy atom. The summed E-state index contributed by atoms with van der Waals surface area (Å²) >= 11 is 6.18. The Labute approximate surface area is 180 Å². The van der Waals surface area contributed by atoms with Crippen LogP contribution in [0.3, 0.4) is 0 Å². The first-order chi connectivity index (χ1) is 14.4. The lowest BCUT2D eigenvalue weighted by Crippen LogP contribution is -2.50. The van der Waals surface area contributed by atoms with Gasteiger partial charge in [-0.15, -0.1) is 0 Å². The predicted octanol–water partition coefficient (Wildman–Crippen LogP) is 4.15. The van der Waals surface area contributed by atoms with Crippen molar-refractivity contribution in [2.45, 2.75) is 6.92 Å². The van der Waals surface area contributed by atoms with E-state index in [0.29, 0.717) is 23.7 Å². The first kappa shape index (κ1) is 20.7. The van der Waals surface area contributed by atoms with E-state index in [1.807, 2.05) is 49.4 Å². The third-order valence-corrected chi connectivity index (χ3v) is 7.09. The Morgan fingerprint density at radius 1 is 1.03 bits per heavy atom. The molecule has 1 fully saturated rings. The minimum absolute atomic E-state index is 0.229. The van der Waals surface area contributed by atoms with Crippen LogP contribution in [0.5, 0.6) is 0 Å². The zero-order chi connectivity index (χ0) is 21.3. The number of aryl methyl sites for hydroxylation is 1. The second kappa shape index (κ2) is 8.26. The highest BCUT2D eigenvalue weighted by atomic mass is 35.5. The summed E-state index contributed by atoms with van der Waals surface area (Å²) in [6.45, 7) is 2.87. The molecule has 4 rings (SSSR count). The minimum Gasteiger partial charge on any atom is -0.449 e. The van der Waals surface area contributed by atoms with Gasteiger partial charge in [0.1, 0.15) is 0 Å². The Hall–Kier alpha value is -2.61. The molecule has 156 valence electrons. The Morgan fingerprint density at radius 3 is 2.40 bits per heavy atom. The summed E-state index contributed by atoms with van der Waals surface area (Å²) in [6, 6.07) is 14.6. The maximum absolute atomic E-state index is 13.0. The van der Waals surface area contributed by atoms with E-state index in [1.165, 1.54) is 9.71 Å². The zero-order valence-electron chi connectivity index (χ0n) is 16.4. The standard InChI is InChI=1S/C22H21ClN2O4S/c1-16-18-8-5-9-19(23)21(18)29-20(16)22(26)24-11-13-25(14-12-24)30(27,28)15-10-17-6-3-2-4-7-17/h2-10,15H,11-14H2,1H3. The number of amides is 1. The van der Waals surface area contributed by atoms with Crippen LogP contribution in [-0.2, 0) is 10.0 Å². The summed E-state index contributed by atoms with van der Waals surface area (Å²) in [6.07, 6.45) is 1.58. The lowest BCUT2D eigenvalue weighted by Gasteiger charge is -2.33. The SMILES string of the molecule is Cc1c(C(=O)N2CCN(S(=O)(=O)C=Cc3ccccc3)CC2)oc2c(Cl)cccc12. The normalized spacial score (nSPS) is 15.9. The van der Waals surface area contributed by atoms with Gasteiger partial charge in [0.05, 0.1) is 5.02 Å². The molecule has 30 heavy (non-hydrogen) atoms. The van der Waals surface area contributed by atoms with Gasteiger partial charge in [-0.1, -0.05) is 54.1 Å². The van der Waals surface area contributed by atoms with Crippen LogP contribution in [0.2, 0.25) is 5.02 Å². The van der Waals surface area contributed by atoms with Crippen molar-refractivity contribution in [1.29, 1.82) is 0 Å². The molecule has 0 bridgehead atoms. The van der Waals surface area contributed by atoms with Crippen LogP contribution in [-0.4, -0.2) is 49.7 Å². The van der Waals surface area contributed by atoms with Crippen molar-refractivity contribution in [2.24, 2.45) is 0 Å². The van der Waals surface area contributed by atoms with E-state index in [4.69, 9.17) is 16.0 Å². The molecule has 1 aliphatic heterocycles. The number of hydrogen-bond acceptors (Lipinski definition) is 4. The van der Waals surface area contributed by atoms with Gasteiger partial charge in [0.25, 0.3) is 5.91 Å². The Kier molecular flexibility index (Phi) is 5.69. The molecule has 0 atom stereocenters. The molecule has 2 aromatic carbocycles. The van der Waals surface area contributed by atoms with Gasteiger partial charge in [-0.05, 0) is 24.6 Å². The molecule has 0 radical (unpaired) electrons. The average Bonchev–Trinajstić information content (AvgIpc) is 3.11. The summed E-state index contributed by atoms with van der Waals surface area (Å²) in [7, 11) is -3.56. The Bertz CT molecular complexity index is 1210. The van der Waals surface area contributed by atoms with Crippen LogP contribution in [0.4, 0.5) is 0 Å². The van der Waals surface area contributed by atoms with Crippen molar-refractivity contribution < 1.29 is 17.6 Å². The summed E-state index contributed by atoms with van der Waals surface area (Å²) in [5, 5.41) is 2.47. The van der Waals surface area contributed by atoms with Crippen LogP contribution >= 0.6 is 11.6 Å². The second-order valence-corrected chi connectivity index (χ2v) is 9.35. The molecule has 0 N–H and O–H groups in total. The molecule has 1 amide bonds. The van der Waals surface area contributed by atoms with E-state index in [9.17, 15) is 13.2 Å². The lowest BCUT2D eigenvalue weighted by atomic mass is 10.1. The topological polar surface area (TPSA) is 70.8 Å². The van der Waals surface area contributed by atoms with Gasteiger partial charge < -0.3 is 9.32 Å². The van der Waals surface area contributed by atoms with Gasteiger partial charge in [0, 0.05) is 42.5 Å². The van der Waals surface area contributed by atoms with E-state index in [-0.39, 0.29) is 24.8 Å². The van der Waals surface area contributed by atoms with E-state index < -0.39 is 10.0 Å². The van der Waals surface area contributed by atoms with Crippen LogP contribution in [0.15, 0.2) is 58.4 Å². The zero-order valence-corrected chi connectivity index (χ0v) is 18.0. The lowest BCUT2D eigenvalue weighted by molar-refractivity contribution is 0.0668. The van der Waals surface area contributed by atoms with E-state index in [1.54, 1.807) is 17.0 Å². The first-order valence-electron chi connectivity index (χ1n) is 9.57. The molecule has 1 saturated heterocycles. The van der Waals surface area contributed by atoms with Gasteiger partial charge in [-0.2, -0.15) is 4.31 Å². The van der Waals surface area contributed by atoms with Crippen molar-refractivity contribution in [3.8, 4) is 0 Å². The van der Waals surface area contributed by atoms with E-state index in [2.05, 4.69) is 0 Å². The fourth-order valence-corrected chi connectivity index (χ4v) is 4.90. The molecule has 0 unspecified atom stereocenters. The average molecular weight is 445 g/mol. The molecule has 0 saturated carbocycles. The largest absolute Gasteiger partial charge is 0.449 e. The molecule has 0 aliphatic carbocycles. The Balaban J connectivity index is 1.46. The van der Waals surface area contributed by atoms with Crippen LogP contribution < -0.4 is 0 Å². The monoisotopic (exact) mass is 444 g/mol. The van der Waals surface area contributed by atoms with Crippen molar-refractivity contribution in [3.05, 3.63) is 75.8 Å². The molecule has 3 aromatic rings. The molecule has 1 aromatic heterocycles. The number of fused-ring (bicyclic) bond motifs is 1. The van der Waals surface area contributed by atoms with Gasteiger partial charge in [-0.3, -0.25) is 4.79 Å². The van der Waals surface area contributed by atoms with Crippen LogP contribution in [0, 0.1) is 6.92 Å². The quantitative estimate of drug-likeness (QED) is 0.606. The summed E-state index contributed by atoms with van der Waals surface area (Å²) in [4.78, 5) is 14.6. The summed E-state index contributed by atoms with van der Waals surface area (Å²) in [5.41, 5.74) is 2.04. The molecular weight excluding hydrogens is 424 g/mol. The number of sulfonamides is 1.